The Labute approximate surface area is 205 Å². The number of carbonyl (C=O) groups is 5. The molecule has 0 saturated carbocycles. The Kier molecular flexibility index (Phi) is 14.2. The highest BCUT2D eigenvalue weighted by Gasteiger charge is 2.37. The van der Waals surface area contributed by atoms with Crippen molar-refractivity contribution in [3.05, 3.63) is 35.9 Å². The third-order valence-corrected chi connectivity index (χ3v) is 4.87. The van der Waals surface area contributed by atoms with Crippen LogP contribution in [0.2, 0.25) is 0 Å². The number of amides is 3. The quantitative estimate of drug-likeness (QED) is 0.177. The summed E-state index contributed by atoms with van der Waals surface area (Å²) in [5.41, 5.74) is 6.27. The summed E-state index contributed by atoms with van der Waals surface area (Å²) in [7, 11) is 0. The van der Waals surface area contributed by atoms with Gasteiger partial charge in [0.15, 0.2) is 0 Å². The lowest BCUT2D eigenvalue weighted by atomic mass is 9.95. The minimum Gasteiger partial charge on any atom is -0.466 e. The Bertz CT molecular complexity index is 831. The molecular formula is C24H35N3O8. The third-order valence-electron chi connectivity index (χ3n) is 4.87. The first kappa shape index (κ1) is 29.4. The van der Waals surface area contributed by atoms with E-state index in [0.29, 0.717) is 25.8 Å². The van der Waals surface area contributed by atoms with E-state index in [1.165, 1.54) is 0 Å². The van der Waals surface area contributed by atoms with Crippen molar-refractivity contribution in [2.45, 2.75) is 58.6 Å². The summed E-state index contributed by atoms with van der Waals surface area (Å²) in [6, 6.07) is 7.89. The van der Waals surface area contributed by atoms with Crippen LogP contribution in [0.1, 0.15) is 51.5 Å². The summed E-state index contributed by atoms with van der Waals surface area (Å²) in [5.74, 6) is -4.28. The fourth-order valence-electron chi connectivity index (χ4n) is 3.15. The topological polar surface area (TPSA) is 163 Å². The lowest BCUT2D eigenvalue weighted by molar-refractivity contribution is -0.157. The zero-order valence-corrected chi connectivity index (χ0v) is 20.2. The Morgan fingerprint density at radius 2 is 1.60 bits per heavy atom. The van der Waals surface area contributed by atoms with Crippen LogP contribution in [0.3, 0.4) is 0 Å². The molecular weight excluding hydrogens is 458 g/mol. The molecule has 0 aliphatic rings. The van der Waals surface area contributed by atoms with Crippen LogP contribution in [0.25, 0.3) is 0 Å². The monoisotopic (exact) mass is 493 g/mol. The van der Waals surface area contributed by atoms with Gasteiger partial charge in [-0.25, -0.2) is 4.79 Å². The predicted octanol–water partition coefficient (Wildman–Crippen LogP) is 1.58. The molecule has 1 rings (SSSR count). The molecule has 1 aromatic carbocycles. The van der Waals surface area contributed by atoms with Crippen molar-refractivity contribution in [3.63, 3.8) is 0 Å². The number of unbranched alkanes of at least 4 members (excludes halogenated alkanes) is 2. The van der Waals surface area contributed by atoms with Crippen LogP contribution >= 0.6 is 0 Å². The normalized spacial score (nSPS) is 12.1. The van der Waals surface area contributed by atoms with Gasteiger partial charge in [0.25, 0.3) is 0 Å². The smallest absolute Gasteiger partial charge is 0.407 e. The highest BCUT2D eigenvalue weighted by atomic mass is 16.5. The number of nitrogens with two attached hydrogens (primary N) is 1. The van der Waals surface area contributed by atoms with Crippen molar-refractivity contribution < 1.29 is 38.2 Å². The Morgan fingerprint density at radius 3 is 2.23 bits per heavy atom. The number of esters is 2. The molecule has 0 saturated heterocycles. The SMILES string of the molecule is CCOC(=O)C[C@@H](C(=O)OCC)[C@@H](NC(=O)CCCCCNC(=O)OCc1ccccc1)C(N)=O. The van der Waals surface area contributed by atoms with E-state index in [2.05, 4.69) is 10.6 Å². The maximum Gasteiger partial charge on any atom is 0.407 e. The van der Waals surface area contributed by atoms with Gasteiger partial charge in [0.05, 0.1) is 25.6 Å². The predicted molar refractivity (Wildman–Crippen MR) is 126 cm³/mol. The van der Waals surface area contributed by atoms with E-state index < -0.39 is 48.2 Å². The second kappa shape index (κ2) is 16.9. The fraction of sp³-hybridized carbons (Fsp3) is 0.542. The molecule has 0 aliphatic carbocycles. The minimum atomic E-state index is -1.41. The third kappa shape index (κ3) is 12.4. The van der Waals surface area contributed by atoms with Crippen molar-refractivity contribution in [2.75, 3.05) is 19.8 Å². The second-order valence-electron chi connectivity index (χ2n) is 7.61. The highest BCUT2D eigenvalue weighted by Crippen LogP contribution is 2.14. The van der Waals surface area contributed by atoms with Gasteiger partial charge >= 0.3 is 18.0 Å². The van der Waals surface area contributed by atoms with E-state index in [0.717, 1.165) is 5.56 Å². The average molecular weight is 494 g/mol. The molecule has 0 heterocycles. The van der Waals surface area contributed by atoms with Crippen LogP contribution in [-0.4, -0.2) is 55.6 Å². The average Bonchev–Trinajstić information content (AvgIpc) is 2.83. The van der Waals surface area contributed by atoms with Gasteiger partial charge in [-0.05, 0) is 32.3 Å². The first-order chi connectivity index (χ1) is 16.8. The van der Waals surface area contributed by atoms with E-state index in [4.69, 9.17) is 19.9 Å². The van der Waals surface area contributed by atoms with Crippen molar-refractivity contribution in [1.29, 1.82) is 0 Å². The number of nitrogens with one attached hydrogen (secondary N) is 2. The van der Waals surface area contributed by atoms with Gasteiger partial charge in [-0.3, -0.25) is 19.2 Å². The van der Waals surface area contributed by atoms with Crippen molar-refractivity contribution in [1.82, 2.24) is 10.6 Å². The van der Waals surface area contributed by atoms with Crippen LogP contribution in [0.5, 0.6) is 0 Å². The van der Waals surface area contributed by atoms with Gasteiger partial charge in [-0.2, -0.15) is 0 Å². The fourth-order valence-corrected chi connectivity index (χ4v) is 3.15. The first-order valence-corrected chi connectivity index (χ1v) is 11.6. The second-order valence-corrected chi connectivity index (χ2v) is 7.61. The van der Waals surface area contributed by atoms with Gasteiger partial charge in [0, 0.05) is 13.0 Å². The summed E-state index contributed by atoms with van der Waals surface area (Å²) in [5, 5.41) is 5.07. The van der Waals surface area contributed by atoms with Crippen molar-refractivity contribution >= 4 is 29.8 Å². The number of primary amides is 1. The Hall–Kier alpha value is -3.63. The molecule has 11 nitrogen and oxygen atoms in total. The Morgan fingerprint density at radius 1 is 0.914 bits per heavy atom. The molecule has 0 bridgehead atoms. The standard InChI is InChI=1S/C24H35N3O8/c1-3-33-20(29)15-18(23(31)34-4-2)21(22(25)30)27-19(28)13-9-6-10-14-26-24(32)35-16-17-11-7-5-8-12-17/h5,7-8,11-12,18,21H,3-4,6,9-10,13-16H2,1-2H3,(H2,25,30)(H,26,32)(H,27,28)/t18-,21-/m1/s1. The molecule has 35 heavy (non-hydrogen) atoms. The number of benzene rings is 1. The maximum absolute atomic E-state index is 12.3. The molecule has 1 aromatic rings. The van der Waals surface area contributed by atoms with Gasteiger partial charge in [-0.1, -0.05) is 36.8 Å². The summed E-state index contributed by atoms with van der Waals surface area (Å²) in [4.78, 5) is 60.2. The minimum absolute atomic E-state index is 0.0332. The van der Waals surface area contributed by atoms with Gasteiger partial charge in [-0.15, -0.1) is 0 Å². The van der Waals surface area contributed by atoms with E-state index >= 15 is 0 Å². The lowest BCUT2D eigenvalue weighted by Gasteiger charge is -2.23. The summed E-state index contributed by atoms with van der Waals surface area (Å²) < 4.78 is 14.9. The van der Waals surface area contributed by atoms with Gasteiger partial charge in [0.1, 0.15) is 12.6 Å². The van der Waals surface area contributed by atoms with Gasteiger partial charge in [0.2, 0.25) is 11.8 Å². The van der Waals surface area contributed by atoms with Crippen LogP contribution in [-0.2, 0) is 40.0 Å². The van der Waals surface area contributed by atoms with E-state index in [1.807, 2.05) is 30.3 Å². The van der Waals surface area contributed by atoms with Crippen molar-refractivity contribution in [2.24, 2.45) is 11.7 Å². The largest absolute Gasteiger partial charge is 0.466 e. The van der Waals surface area contributed by atoms with Crippen LogP contribution in [0.4, 0.5) is 4.79 Å². The number of carbonyl (C=O) groups excluding carboxylic acids is 5. The molecule has 0 unspecified atom stereocenters. The molecule has 11 heteroatoms. The van der Waals surface area contributed by atoms with E-state index in [-0.39, 0.29) is 26.2 Å². The molecule has 0 spiro atoms. The molecule has 3 amide bonds. The molecule has 0 aliphatic heterocycles. The zero-order valence-electron chi connectivity index (χ0n) is 20.2. The molecule has 2 atom stereocenters. The summed E-state index contributed by atoms with van der Waals surface area (Å²) >= 11 is 0. The summed E-state index contributed by atoms with van der Waals surface area (Å²) in [6.07, 6.45) is 0.797. The van der Waals surface area contributed by atoms with E-state index in [1.54, 1.807) is 13.8 Å². The maximum atomic E-state index is 12.3. The molecule has 0 radical (unpaired) electrons. The van der Waals surface area contributed by atoms with Crippen LogP contribution in [0.15, 0.2) is 30.3 Å². The zero-order chi connectivity index (χ0) is 26.1. The number of hydrogen-bond donors (Lipinski definition) is 3. The number of ether oxygens (including phenoxy) is 3. The lowest BCUT2D eigenvalue weighted by Crippen LogP contribution is -2.52. The number of rotatable bonds is 16. The molecule has 194 valence electrons. The van der Waals surface area contributed by atoms with Gasteiger partial charge < -0.3 is 30.6 Å². The molecule has 0 aromatic heterocycles. The van der Waals surface area contributed by atoms with Crippen LogP contribution < -0.4 is 16.4 Å². The first-order valence-electron chi connectivity index (χ1n) is 11.6. The summed E-state index contributed by atoms with van der Waals surface area (Å²) in [6.45, 7) is 3.87. The molecule has 4 N–H and O–H groups in total. The number of hydrogen-bond acceptors (Lipinski definition) is 8. The Balaban J connectivity index is 2.40. The van der Waals surface area contributed by atoms with Crippen molar-refractivity contribution in [3.8, 4) is 0 Å². The van der Waals surface area contributed by atoms with E-state index in [9.17, 15) is 24.0 Å². The highest BCUT2D eigenvalue weighted by molar-refractivity contribution is 5.92. The van der Waals surface area contributed by atoms with Crippen LogP contribution in [0, 0.1) is 5.92 Å². The molecule has 0 fully saturated rings. The number of alkyl carbamates (subject to hydrolysis) is 1.